The Hall–Kier alpha value is -0.220. The van der Waals surface area contributed by atoms with Crippen LogP contribution in [-0.2, 0) is 0 Å². The van der Waals surface area contributed by atoms with E-state index >= 15 is 0 Å². The van der Waals surface area contributed by atoms with Crippen LogP contribution in [0.15, 0.2) is 18.5 Å². The topological polar surface area (TPSA) is 28.2 Å². The summed E-state index contributed by atoms with van der Waals surface area (Å²) in [4.78, 5) is 6.33. The molecule has 0 unspecified atom stereocenters. The normalized spacial score (nSPS) is 15.8. The lowest BCUT2D eigenvalue weighted by Crippen LogP contribution is -2.36. The minimum atomic E-state index is 0. The Labute approximate surface area is 120 Å². The van der Waals surface area contributed by atoms with Gasteiger partial charge in [0.1, 0.15) is 0 Å². The van der Waals surface area contributed by atoms with Crippen molar-refractivity contribution in [2.24, 2.45) is 0 Å². The van der Waals surface area contributed by atoms with Crippen molar-refractivity contribution in [3.8, 4) is 0 Å². The van der Waals surface area contributed by atoms with Crippen molar-refractivity contribution >= 4 is 42.1 Å². The molecule has 1 saturated carbocycles. The highest BCUT2D eigenvalue weighted by atomic mass is 35.5. The van der Waals surface area contributed by atoms with Crippen LogP contribution in [0, 0.1) is 0 Å². The Kier molecular flexibility index (Phi) is 6.56. The van der Waals surface area contributed by atoms with Gasteiger partial charge in [0.05, 0.1) is 16.9 Å². The van der Waals surface area contributed by atoms with E-state index in [0.29, 0.717) is 10.6 Å². The van der Waals surface area contributed by atoms with E-state index in [2.05, 4.69) is 29.3 Å². The minimum absolute atomic E-state index is 0. The number of nitrogens with one attached hydrogen (secondary N) is 1. The van der Waals surface area contributed by atoms with E-state index in [0.717, 1.165) is 12.2 Å². The van der Waals surface area contributed by atoms with Gasteiger partial charge >= 0.3 is 0 Å². The lowest BCUT2D eigenvalue weighted by Gasteiger charge is -2.24. The molecule has 1 heterocycles. The first-order valence-electron chi connectivity index (χ1n) is 5.14. The Morgan fingerprint density at radius 2 is 2.00 bits per heavy atom. The van der Waals surface area contributed by atoms with Crippen LogP contribution in [0.5, 0.6) is 0 Å². The number of nitrogens with zero attached hydrogens (tertiary/aromatic N) is 2. The fourth-order valence-corrected chi connectivity index (χ4v) is 1.88. The first kappa shape index (κ1) is 16.8. The Balaban J connectivity index is 0.00000128. The van der Waals surface area contributed by atoms with Gasteiger partial charge < -0.3 is 10.2 Å². The molecule has 17 heavy (non-hydrogen) atoms. The fraction of sp³-hybridized carbons (Fsp3) is 0.545. The standard InChI is InChI=1S/C11H16ClN3.2ClH/c1-15(2)11(3-4-11)8-14-10-5-9(12)6-13-7-10;;/h5-7,14H,3-4,8H2,1-2H3;2*1H. The van der Waals surface area contributed by atoms with Gasteiger partial charge in [-0.05, 0) is 33.0 Å². The molecule has 0 atom stereocenters. The maximum absolute atomic E-state index is 5.86. The zero-order chi connectivity index (χ0) is 10.9. The van der Waals surface area contributed by atoms with Crippen molar-refractivity contribution in [3.05, 3.63) is 23.5 Å². The molecule has 1 fully saturated rings. The molecule has 0 bridgehead atoms. The molecule has 1 N–H and O–H groups in total. The molecule has 1 aromatic heterocycles. The number of hydrogen-bond acceptors (Lipinski definition) is 3. The van der Waals surface area contributed by atoms with Crippen molar-refractivity contribution in [2.45, 2.75) is 18.4 Å². The molecule has 0 amide bonds. The smallest absolute Gasteiger partial charge is 0.0609 e. The molecule has 1 aliphatic carbocycles. The maximum atomic E-state index is 5.86. The van der Waals surface area contributed by atoms with Crippen molar-refractivity contribution in [1.29, 1.82) is 0 Å². The summed E-state index contributed by atoms with van der Waals surface area (Å²) in [5, 5.41) is 4.06. The van der Waals surface area contributed by atoms with Crippen molar-refractivity contribution in [1.82, 2.24) is 9.88 Å². The molecule has 6 heteroatoms. The number of hydrogen-bond donors (Lipinski definition) is 1. The summed E-state index contributed by atoms with van der Waals surface area (Å²) in [6.07, 6.45) is 5.98. The number of anilines is 1. The predicted molar refractivity (Wildman–Crippen MR) is 77.9 cm³/mol. The van der Waals surface area contributed by atoms with Crippen molar-refractivity contribution in [2.75, 3.05) is 26.0 Å². The molecule has 1 aromatic rings. The van der Waals surface area contributed by atoms with Crippen molar-refractivity contribution < 1.29 is 0 Å². The SMILES string of the molecule is CN(C)C1(CNc2cncc(Cl)c2)CC1.Cl.Cl. The summed E-state index contributed by atoms with van der Waals surface area (Å²) >= 11 is 5.86. The largest absolute Gasteiger partial charge is 0.382 e. The van der Waals surface area contributed by atoms with Gasteiger partial charge in [-0.25, -0.2) is 0 Å². The Bertz CT molecular complexity index is 354. The van der Waals surface area contributed by atoms with E-state index in [1.807, 2.05) is 6.07 Å². The Morgan fingerprint density at radius 3 is 2.47 bits per heavy atom. The predicted octanol–water partition coefficient (Wildman–Crippen LogP) is 3.08. The van der Waals surface area contributed by atoms with Crippen LogP contribution in [0.25, 0.3) is 0 Å². The molecule has 0 radical (unpaired) electrons. The first-order valence-corrected chi connectivity index (χ1v) is 5.52. The summed E-state index contributed by atoms with van der Waals surface area (Å²) in [5.41, 5.74) is 1.35. The molecular formula is C11H18Cl3N3. The Morgan fingerprint density at radius 1 is 1.35 bits per heavy atom. The lowest BCUT2D eigenvalue weighted by molar-refractivity contribution is 0.284. The summed E-state index contributed by atoms with van der Waals surface area (Å²) in [6, 6.07) is 1.90. The summed E-state index contributed by atoms with van der Waals surface area (Å²) < 4.78 is 0. The summed E-state index contributed by atoms with van der Waals surface area (Å²) in [7, 11) is 4.26. The third-order valence-electron chi connectivity index (χ3n) is 3.10. The molecule has 0 spiro atoms. The number of likely N-dealkylation sites (N-methyl/N-ethyl adjacent to an activating group) is 1. The molecule has 0 saturated heterocycles. The van der Waals surface area contributed by atoms with Gasteiger partial charge in [-0.1, -0.05) is 11.6 Å². The second-order valence-electron chi connectivity index (χ2n) is 4.36. The van der Waals surface area contributed by atoms with Gasteiger partial charge in [-0.2, -0.15) is 0 Å². The molecular weight excluding hydrogens is 281 g/mol. The number of rotatable bonds is 4. The number of aromatic nitrogens is 1. The number of halogens is 3. The summed E-state index contributed by atoms with van der Waals surface area (Å²) in [5.74, 6) is 0. The quantitative estimate of drug-likeness (QED) is 0.926. The molecule has 2 rings (SSSR count). The molecule has 3 nitrogen and oxygen atoms in total. The highest BCUT2D eigenvalue weighted by molar-refractivity contribution is 6.30. The zero-order valence-electron chi connectivity index (χ0n) is 9.94. The number of pyridine rings is 1. The van der Waals surface area contributed by atoms with E-state index in [1.165, 1.54) is 12.8 Å². The van der Waals surface area contributed by atoms with Crippen LogP contribution in [0.2, 0.25) is 5.02 Å². The van der Waals surface area contributed by atoms with Crippen LogP contribution >= 0.6 is 36.4 Å². The fourth-order valence-electron chi connectivity index (χ4n) is 1.70. The van der Waals surface area contributed by atoms with Crippen LogP contribution in [-0.4, -0.2) is 36.1 Å². The van der Waals surface area contributed by atoms with Gasteiger partial charge in [0, 0.05) is 18.3 Å². The van der Waals surface area contributed by atoms with Crippen LogP contribution in [0.4, 0.5) is 5.69 Å². The van der Waals surface area contributed by atoms with Gasteiger partial charge in [-0.3, -0.25) is 4.98 Å². The van der Waals surface area contributed by atoms with E-state index in [4.69, 9.17) is 11.6 Å². The molecule has 1 aliphatic rings. The van der Waals surface area contributed by atoms with E-state index < -0.39 is 0 Å². The van der Waals surface area contributed by atoms with Crippen LogP contribution in [0.3, 0.4) is 0 Å². The minimum Gasteiger partial charge on any atom is -0.382 e. The summed E-state index contributed by atoms with van der Waals surface area (Å²) in [6.45, 7) is 0.960. The average molecular weight is 299 g/mol. The van der Waals surface area contributed by atoms with Gasteiger partial charge in [0.25, 0.3) is 0 Å². The second-order valence-corrected chi connectivity index (χ2v) is 4.80. The lowest BCUT2D eigenvalue weighted by atomic mass is 10.2. The van der Waals surface area contributed by atoms with E-state index in [9.17, 15) is 0 Å². The van der Waals surface area contributed by atoms with E-state index in [-0.39, 0.29) is 24.8 Å². The van der Waals surface area contributed by atoms with Crippen LogP contribution < -0.4 is 5.32 Å². The average Bonchev–Trinajstić information content (AvgIpc) is 2.96. The highest BCUT2D eigenvalue weighted by Crippen LogP contribution is 2.39. The second kappa shape index (κ2) is 6.64. The molecule has 98 valence electrons. The zero-order valence-corrected chi connectivity index (χ0v) is 12.3. The van der Waals surface area contributed by atoms with E-state index in [1.54, 1.807) is 12.4 Å². The third-order valence-corrected chi connectivity index (χ3v) is 3.31. The van der Waals surface area contributed by atoms with Gasteiger partial charge in [0.2, 0.25) is 0 Å². The molecule has 0 aromatic carbocycles. The van der Waals surface area contributed by atoms with Gasteiger partial charge in [0.15, 0.2) is 0 Å². The third kappa shape index (κ3) is 4.18. The highest BCUT2D eigenvalue weighted by Gasteiger charge is 2.44. The van der Waals surface area contributed by atoms with Crippen molar-refractivity contribution in [3.63, 3.8) is 0 Å². The maximum Gasteiger partial charge on any atom is 0.0609 e. The van der Waals surface area contributed by atoms with Gasteiger partial charge in [-0.15, -0.1) is 24.8 Å². The monoisotopic (exact) mass is 297 g/mol. The van der Waals surface area contributed by atoms with Crippen LogP contribution in [0.1, 0.15) is 12.8 Å². The first-order chi connectivity index (χ1) is 7.12. The molecule has 0 aliphatic heterocycles.